The highest BCUT2D eigenvalue weighted by molar-refractivity contribution is 9.10. The molecule has 0 aliphatic carbocycles. The van der Waals surface area contributed by atoms with Crippen LogP contribution in [-0.4, -0.2) is 11.9 Å². The van der Waals surface area contributed by atoms with Crippen molar-refractivity contribution in [2.45, 2.75) is 26.9 Å². The lowest BCUT2D eigenvalue weighted by molar-refractivity contribution is -0.236. The van der Waals surface area contributed by atoms with E-state index in [1.54, 1.807) is 19.1 Å². The molecule has 0 aliphatic rings. The molecule has 0 aromatic heterocycles. The van der Waals surface area contributed by atoms with Gasteiger partial charge < -0.3 is 4.89 Å². The fourth-order valence-electron chi connectivity index (χ4n) is 1.13. The van der Waals surface area contributed by atoms with E-state index in [0.29, 0.717) is 5.75 Å². The van der Waals surface area contributed by atoms with E-state index < -0.39 is 6.10 Å². The quantitative estimate of drug-likeness (QED) is 0.615. The molecule has 1 rings (SSSR count). The summed E-state index contributed by atoms with van der Waals surface area (Å²) < 4.78 is 0.964. The summed E-state index contributed by atoms with van der Waals surface area (Å²) in [6.07, 6.45) is -0.552. The number of hydrogen-bond acceptors (Lipinski definition) is 3. The number of Topliss-reactive ketones (excluding diaryl/α,β-unsaturated/α-hetero) is 1. The summed E-state index contributed by atoms with van der Waals surface area (Å²) in [5.74, 6) is 0.548. The van der Waals surface area contributed by atoms with Gasteiger partial charge in [0.25, 0.3) is 0 Å². The van der Waals surface area contributed by atoms with Gasteiger partial charge in [-0.25, -0.2) is 0 Å². The molecule has 0 saturated heterocycles. The molecule has 0 fully saturated rings. The van der Waals surface area contributed by atoms with Crippen LogP contribution < -0.4 is 4.89 Å². The van der Waals surface area contributed by atoms with Crippen molar-refractivity contribution in [2.24, 2.45) is 5.92 Å². The number of carbonyl (C=O) groups excluding carboxylic acids is 1. The second-order valence-electron chi connectivity index (χ2n) is 3.83. The summed E-state index contributed by atoms with van der Waals surface area (Å²) in [5.41, 5.74) is 0. The third-order valence-corrected chi connectivity index (χ3v) is 2.60. The minimum Gasteiger partial charge on any atom is -0.337 e. The molecule has 0 heterocycles. The van der Waals surface area contributed by atoms with Gasteiger partial charge in [-0.05, 0) is 31.2 Å². The lowest BCUT2D eigenvalue weighted by Crippen LogP contribution is -2.26. The Bertz CT molecular complexity index is 346. The third kappa shape index (κ3) is 3.94. The molecule has 1 aromatic carbocycles. The summed E-state index contributed by atoms with van der Waals surface area (Å²) in [4.78, 5) is 21.6. The maximum atomic E-state index is 11.5. The fourth-order valence-corrected chi connectivity index (χ4v) is 1.40. The molecule has 16 heavy (non-hydrogen) atoms. The van der Waals surface area contributed by atoms with Crippen LogP contribution in [0.4, 0.5) is 0 Å². The molecule has 0 aliphatic heterocycles. The highest BCUT2D eigenvalue weighted by Gasteiger charge is 2.18. The van der Waals surface area contributed by atoms with Crippen molar-refractivity contribution in [1.29, 1.82) is 0 Å². The molecule has 3 nitrogen and oxygen atoms in total. The Kier molecular flexibility index (Phi) is 4.96. The van der Waals surface area contributed by atoms with E-state index >= 15 is 0 Å². The van der Waals surface area contributed by atoms with Crippen LogP contribution in [0.15, 0.2) is 28.7 Å². The molecular formula is C12H15BrO3. The van der Waals surface area contributed by atoms with Gasteiger partial charge in [0.2, 0.25) is 0 Å². The second-order valence-corrected chi connectivity index (χ2v) is 4.75. The van der Waals surface area contributed by atoms with Gasteiger partial charge >= 0.3 is 0 Å². The first-order chi connectivity index (χ1) is 7.50. The molecule has 0 N–H and O–H groups in total. The topological polar surface area (TPSA) is 35.5 Å². The Morgan fingerprint density at radius 1 is 1.19 bits per heavy atom. The normalized spacial score (nSPS) is 12.6. The molecule has 0 bridgehead atoms. The van der Waals surface area contributed by atoms with Crippen LogP contribution in [0.3, 0.4) is 0 Å². The summed E-state index contributed by atoms with van der Waals surface area (Å²) >= 11 is 3.32. The van der Waals surface area contributed by atoms with E-state index in [9.17, 15) is 4.79 Å². The molecule has 0 amide bonds. The third-order valence-electron chi connectivity index (χ3n) is 2.07. The lowest BCUT2D eigenvalue weighted by Gasteiger charge is -2.13. The van der Waals surface area contributed by atoms with Crippen molar-refractivity contribution in [1.82, 2.24) is 0 Å². The van der Waals surface area contributed by atoms with Crippen LogP contribution in [-0.2, 0) is 9.68 Å². The van der Waals surface area contributed by atoms with Gasteiger partial charge in [0.1, 0.15) is 0 Å². The van der Waals surface area contributed by atoms with Gasteiger partial charge in [-0.15, -0.1) is 0 Å². The maximum Gasteiger partial charge on any atom is 0.168 e. The number of hydrogen-bond donors (Lipinski definition) is 0. The average molecular weight is 287 g/mol. The monoisotopic (exact) mass is 286 g/mol. The van der Waals surface area contributed by atoms with Crippen molar-refractivity contribution in [2.75, 3.05) is 0 Å². The molecule has 1 aromatic rings. The van der Waals surface area contributed by atoms with E-state index in [0.717, 1.165) is 4.47 Å². The van der Waals surface area contributed by atoms with E-state index in [-0.39, 0.29) is 11.7 Å². The minimum absolute atomic E-state index is 0.0251. The van der Waals surface area contributed by atoms with Gasteiger partial charge in [-0.1, -0.05) is 29.8 Å². The zero-order valence-corrected chi connectivity index (χ0v) is 11.2. The lowest BCUT2D eigenvalue weighted by atomic mass is 10.1. The highest BCUT2D eigenvalue weighted by Crippen LogP contribution is 2.17. The predicted molar refractivity (Wildman–Crippen MR) is 65.2 cm³/mol. The molecule has 4 heteroatoms. The van der Waals surface area contributed by atoms with Crippen LogP contribution in [0, 0.1) is 5.92 Å². The van der Waals surface area contributed by atoms with Crippen molar-refractivity contribution in [3.63, 3.8) is 0 Å². The summed E-state index contributed by atoms with van der Waals surface area (Å²) in [7, 11) is 0. The smallest absolute Gasteiger partial charge is 0.168 e. The summed E-state index contributed by atoms with van der Waals surface area (Å²) in [6.45, 7) is 5.35. The van der Waals surface area contributed by atoms with Gasteiger partial charge in [-0.3, -0.25) is 4.79 Å². The number of benzene rings is 1. The van der Waals surface area contributed by atoms with E-state index in [1.165, 1.54) is 0 Å². The first kappa shape index (κ1) is 13.2. The largest absolute Gasteiger partial charge is 0.337 e. The van der Waals surface area contributed by atoms with Crippen LogP contribution in [0.1, 0.15) is 20.8 Å². The van der Waals surface area contributed by atoms with Crippen LogP contribution in [0.5, 0.6) is 5.75 Å². The van der Waals surface area contributed by atoms with E-state index in [2.05, 4.69) is 15.9 Å². The minimum atomic E-state index is -0.552. The molecular weight excluding hydrogens is 272 g/mol. The van der Waals surface area contributed by atoms with Gasteiger partial charge in [-0.2, -0.15) is 4.89 Å². The standard InChI is InChI=1S/C12H15BrO3/c1-8(2)12(14)9(3)15-16-11-6-4-10(13)5-7-11/h4-9H,1-3H3. The molecule has 1 unspecified atom stereocenters. The van der Waals surface area contributed by atoms with E-state index in [1.807, 2.05) is 26.0 Å². The Morgan fingerprint density at radius 3 is 2.25 bits per heavy atom. The molecule has 88 valence electrons. The van der Waals surface area contributed by atoms with Crippen LogP contribution >= 0.6 is 15.9 Å². The Hall–Kier alpha value is -0.870. The number of halogens is 1. The zero-order valence-electron chi connectivity index (χ0n) is 9.57. The van der Waals surface area contributed by atoms with Crippen molar-refractivity contribution in [3.8, 4) is 5.75 Å². The van der Waals surface area contributed by atoms with Crippen molar-refractivity contribution in [3.05, 3.63) is 28.7 Å². The summed E-state index contributed by atoms with van der Waals surface area (Å²) in [6, 6.07) is 7.20. The average Bonchev–Trinajstić information content (AvgIpc) is 2.26. The number of carbonyl (C=O) groups is 1. The molecule has 0 radical (unpaired) electrons. The number of rotatable bonds is 5. The molecule has 0 spiro atoms. The Morgan fingerprint density at radius 2 is 1.75 bits per heavy atom. The SMILES string of the molecule is CC(C)C(=O)C(C)OOc1ccc(Br)cc1. The van der Waals surface area contributed by atoms with E-state index in [4.69, 9.17) is 9.78 Å². The van der Waals surface area contributed by atoms with Crippen LogP contribution in [0.2, 0.25) is 0 Å². The van der Waals surface area contributed by atoms with Gasteiger partial charge in [0.15, 0.2) is 17.6 Å². The molecule has 0 saturated carbocycles. The highest BCUT2D eigenvalue weighted by atomic mass is 79.9. The van der Waals surface area contributed by atoms with Gasteiger partial charge in [0, 0.05) is 10.4 Å². The van der Waals surface area contributed by atoms with Crippen LogP contribution in [0.25, 0.3) is 0 Å². The van der Waals surface area contributed by atoms with Crippen molar-refractivity contribution < 1.29 is 14.6 Å². The first-order valence-corrected chi connectivity index (χ1v) is 5.92. The second kappa shape index (κ2) is 6.01. The Labute approximate surface area is 104 Å². The number of ketones is 1. The first-order valence-electron chi connectivity index (χ1n) is 5.13. The Balaban J connectivity index is 2.45. The predicted octanol–water partition coefficient (Wildman–Crippen LogP) is 3.37. The molecule has 1 atom stereocenters. The zero-order chi connectivity index (χ0) is 12.1. The van der Waals surface area contributed by atoms with Gasteiger partial charge in [0.05, 0.1) is 0 Å². The fraction of sp³-hybridized carbons (Fsp3) is 0.417. The van der Waals surface area contributed by atoms with Crippen molar-refractivity contribution >= 4 is 21.7 Å². The maximum absolute atomic E-state index is 11.5. The summed E-state index contributed by atoms with van der Waals surface area (Å²) in [5, 5.41) is 0.